The van der Waals surface area contributed by atoms with Gasteiger partial charge in [-0.2, -0.15) is 0 Å². The zero-order valence-electron chi connectivity index (χ0n) is 12.9. The van der Waals surface area contributed by atoms with E-state index in [0.29, 0.717) is 16.4 Å². The molecule has 2 N–H and O–H groups in total. The van der Waals surface area contributed by atoms with Crippen LogP contribution >= 0.6 is 11.3 Å². The molecule has 0 bridgehead atoms. The average molecular weight is 333 g/mol. The molecule has 1 fully saturated rings. The maximum atomic E-state index is 12.7. The van der Waals surface area contributed by atoms with Gasteiger partial charge in [-0.15, -0.1) is 11.3 Å². The van der Waals surface area contributed by atoms with E-state index in [4.69, 9.17) is 4.42 Å². The summed E-state index contributed by atoms with van der Waals surface area (Å²) < 4.78 is 5.07. The van der Waals surface area contributed by atoms with Crippen LogP contribution in [0.2, 0.25) is 0 Å². The van der Waals surface area contributed by atoms with Gasteiger partial charge in [-0.05, 0) is 43.7 Å². The molecule has 0 radical (unpaired) electrons. The monoisotopic (exact) mass is 333 g/mol. The van der Waals surface area contributed by atoms with Gasteiger partial charge in [-0.3, -0.25) is 9.59 Å². The molecular formula is C16H19N3O3S. The van der Waals surface area contributed by atoms with Crippen LogP contribution in [0.5, 0.6) is 0 Å². The number of nitrogens with zero attached hydrogens (tertiary/aromatic N) is 1. The number of aryl methyl sites for hydroxylation is 1. The van der Waals surface area contributed by atoms with E-state index >= 15 is 0 Å². The lowest BCUT2D eigenvalue weighted by atomic mass is 10.2. The number of anilines is 1. The van der Waals surface area contributed by atoms with E-state index in [-0.39, 0.29) is 17.6 Å². The van der Waals surface area contributed by atoms with E-state index in [1.165, 1.54) is 17.6 Å². The van der Waals surface area contributed by atoms with Crippen LogP contribution in [0.4, 0.5) is 5.00 Å². The van der Waals surface area contributed by atoms with Gasteiger partial charge in [0, 0.05) is 19.6 Å². The Kier molecular flexibility index (Phi) is 4.78. The molecule has 2 aromatic heterocycles. The van der Waals surface area contributed by atoms with Crippen molar-refractivity contribution < 1.29 is 14.0 Å². The van der Waals surface area contributed by atoms with Crippen LogP contribution in [-0.2, 0) is 0 Å². The summed E-state index contributed by atoms with van der Waals surface area (Å²) in [7, 11) is 0. The maximum Gasteiger partial charge on any atom is 0.291 e. The van der Waals surface area contributed by atoms with E-state index in [9.17, 15) is 9.59 Å². The number of furan rings is 1. The summed E-state index contributed by atoms with van der Waals surface area (Å²) in [5.74, 6) is -0.0218. The minimum atomic E-state index is -0.311. The number of hydrogen-bond acceptors (Lipinski definition) is 5. The standard InChI is InChI=1S/C16H19N3O3S/c1-11-10-13(18-15(20)12-4-2-9-22-12)23-14(11)16(21)19-7-3-5-17-6-8-19/h2,4,9-10,17H,3,5-8H2,1H3,(H,18,20). The summed E-state index contributed by atoms with van der Waals surface area (Å²) in [6.07, 6.45) is 2.41. The molecule has 0 spiro atoms. The number of thiophene rings is 1. The lowest BCUT2D eigenvalue weighted by molar-refractivity contribution is 0.0770. The van der Waals surface area contributed by atoms with Crippen molar-refractivity contribution >= 4 is 28.2 Å². The highest BCUT2D eigenvalue weighted by molar-refractivity contribution is 7.18. The molecule has 2 amide bonds. The summed E-state index contributed by atoms with van der Waals surface area (Å²) in [4.78, 5) is 27.2. The Hall–Kier alpha value is -2.12. The smallest absolute Gasteiger partial charge is 0.291 e. The van der Waals surface area contributed by atoms with E-state index in [1.807, 2.05) is 17.9 Å². The summed E-state index contributed by atoms with van der Waals surface area (Å²) in [6, 6.07) is 5.10. The van der Waals surface area contributed by atoms with E-state index in [1.54, 1.807) is 12.1 Å². The molecule has 0 unspecified atom stereocenters. The number of nitrogens with one attached hydrogen (secondary N) is 2. The second-order valence-electron chi connectivity index (χ2n) is 5.45. The minimum Gasteiger partial charge on any atom is -0.459 e. The zero-order valence-corrected chi connectivity index (χ0v) is 13.7. The van der Waals surface area contributed by atoms with E-state index in [0.717, 1.165) is 31.6 Å². The van der Waals surface area contributed by atoms with Gasteiger partial charge in [0.15, 0.2) is 5.76 Å². The van der Waals surface area contributed by atoms with Crippen LogP contribution in [0.3, 0.4) is 0 Å². The Labute approximate surface area is 138 Å². The maximum absolute atomic E-state index is 12.7. The third kappa shape index (κ3) is 3.62. The Morgan fingerprint density at radius 2 is 2.22 bits per heavy atom. The normalized spacial score (nSPS) is 15.3. The van der Waals surface area contributed by atoms with E-state index in [2.05, 4.69) is 10.6 Å². The first-order valence-corrected chi connectivity index (χ1v) is 8.42. The predicted octanol–water partition coefficient (Wildman–Crippen LogP) is 2.34. The lowest BCUT2D eigenvalue weighted by Crippen LogP contribution is -2.34. The van der Waals surface area contributed by atoms with Crippen molar-refractivity contribution in [2.75, 3.05) is 31.5 Å². The first-order valence-electron chi connectivity index (χ1n) is 7.60. The third-order valence-electron chi connectivity index (χ3n) is 3.72. The average Bonchev–Trinajstić information content (AvgIpc) is 3.10. The Morgan fingerprint density at radius 1 is 1.35 bits per heavy atom. The fraction of sp³-hybridized carbons (Fsp3) is 0.375. The van der Waals surface area contributed by atoms with Gasteiger partial charge in [0.1, 0.15) is 0 Å². The van der Waals surface area contributed by atoms with Gasteiger partial charge in [-0.1, -0.05) is 0 Å². The Bertz CT molecular complexity index is 685. The molecule has 3 heterocycles. The molecule has 7 heteroatoms. The summed E-state index contributed by atoms with van der Waals surface area (Å²) >= 11 is 1.31. The first-order chi connectivity index (χ1) is 11.1. The van der Waals surface area contributed by atoms with Gasteiger partial charge < -0.3 is 20.0 Å². The summed E-state index contributed by atoms with van der Waals surface area (Å²) in [5, 5.41) is 6.72. The number of rotatable bonds is 3. The van der Waals surface area contributed by atoms with Crippen LogP contribution in [0.15, 0.2) is 28.9 Å². The molecule has 1 aliphatic heterocycles. The van der Waals surface area contributed by atoms with E-state index < -0.39 is 0 Å². The second kappa shape index (κ2) is 6.97. The molecule has 1 saturated heterocycles. The van der Waals surface area contributed by atoms with Crippen LogP contribution in [0, 0.1) is 6.92 Å². The van der Waals surface area contributed by atoms with Crippen LogP contribution in [-0.4, -0.2) is 42.9 Å². The van der Waals surface area contributed by atoms with Crippen LogP contribution < -0.4 is 10.6 Å². The van der Waals surface area contributed by atoms with Crippen molar-refractivity contribution in [2.24, 2.45) is 0 Å². The molecule has 6 nitrogen and oxygen atoms in total. The summed E-state index contributed by atoms with van der Waals surface area (Å²) in [5.41, 5.74) is 0.881. The molecule has 0 aromatic carbocycles. The van der Waals surface area contributed by atoms with Crippen molar-refractivity contribution in [2.45, 2.75) is 13.3 Å². The predicted molar refractivity (Wildman–Crippen MR) is 89.1 cm³/mol. The van der Waals surface area contributed by atoms with Crippen molar-refractivity contribution in [1.29, 1.82) is 0 Å². The molecule has 2 aromatic rings. The van der Waals surface area contributed by atoms with Crippen molar-refractivity contribution in [3.8, 4) is 0 Å². The van der Waals surface area contributed by atoms with Gasteiger partial charge in [-0.25, -0.2) is 0 Å². The number of carbonyl (C=O) groups is 2. The van der Waals surface area contributed by atoms with Gasteiger partial charge >= 0.3 is 0 Å². The molecule has 3 rings (SSSR count). The first kappa shape index (κ1) is 15.8. The molecular weight excluding hydrogens is 314 g/mol. The molecule has 23 heavy (non-hydrogen) atoms. The number of hydrogen-bond donors (Lipinski definition) is 2. The molecule has 122 valence electrons. The number of carbonyl (C=O) groups excluding carboxylic acids is 2. The van der Waals surface area contributed by atoms with Gasteiger partial charge in [0.05, 0.1) is 16.1 Å². The highest BCUT2D eigenvalue weighted by Gasteiger charge is 2.22. The minimum absolute atomic E-state index is 0.0368. The highest BCUT2D eigenvalue weighted by Crippen LogP contribution is 2.28. The fourth-order valence-corrected chi connectivity index (χ4v) is 3.57. The molecule has 0 aliphatic carbocycles. The van der Waals surface area contributed by atoms with Gasteiger partial charge in [0.25, 0.3) is 11.8 Å². The SMILES string of the molecule is Cc1cc(NC(=O)c2ccco2)sc1C(=O)N1CCCNCC1. The van der Waals surface area contributed by atoms with Crippen molar-refractivity contribution in [1.82, 2.24) is 10.2 Å². The molecule has 1 aliphatic rings. The lowest BCUT2D eigenvalue weighted by Gasteiger charge is -2.19. The largest absolute Gasteiger partial charge is 0.459 e. The summed E-state index contributed by atoms with van der Waals surface area (Å²) in [6.45, 7) is 5.12. The van der Waals surface area contributed by atoms with Crippen molar-refractivity contribution in [3.05, 3.63) is 40.7 Å². The highest BCUT2D eigenvalue weighted by atomic mass is 32.1. The van der Waals surface area contributed by atoms with Gasteiger partial charge in [0.2, 0.25) is 0 Å². The van der Waals surface area contributed by atoms with Crippen LogP contribution in [0.1, 0.15) is 32.2 Å². The molecule has 0 saturated carbocycles. The third-order valence-corrected chi connectivity index (χ3v) is 4.86. The van der Waals surface area contributed by atoms with Crippen LogP contribution in [0.25, 0.3) is 0 Å². The zero-order chi connectivity index (χ0) is 16.2. The molecule has 0 atom stereocenters. The Balaban J connectivity index is 1.72. The quantitative estimate of drug-likeness (QED) is 0.904. The number of amides is 2. The Morgan fingerprint density at radius 3 is 3.00 bits per heavy atom. The topological polar surface area (TPSA) is 74.6 Å². The fourth-order valence-electron chi connectivity index (χ4n) is 2.53. The second-order valence-corrected chi connectivity index (χ2v) is 6.50. The van der Waals surface area contributed by atoms with Crippen molar-refractivity contribution in [3.63, 3.8) is 0 Å².